The Morgan fingerprint density at radius 3 is 2.60 bits per heavy atom. The highest BCUT2D eigenvalue weighted by molar-refractivity contribution is 5.98. The van der Waals surface area contributed by atoms with E-state index in [0.29, 0.717) is 11.3 Å². The Morgan fingerprint density at radius 2 is 2.00 bits per heavy atom. The lowest BCUT2D eigenvalue weighted by atomic mass is 10.1. The number of carbonyl (C=O) groups excluding carboxylic acids is 3. The third-order valence-corrected chi connectivity index (χ3v) is 2.48. The van der Waals surface area contributed by atoms with Crippen LogP contribution < -0.4 is 5.32 Å². The second-order valence-corrected chi connectivity index (χ2v) is 4.19. The Labute approximate surface area is 117 Å². The minimum atomic E-state index is -0.946. The lowest BCUT2D eigenvalue weighted by molar-refractivity contribution is -0.156. The van der Waals surface area contributed by atoms with Gasteiger partial charge in [0.2, 0.25) is 0 Å². The fraction of sp³-hybridized carbons (Fsp3) is 0.357. The number of hydrogen-bond donors (Lipinski definition) is 1. The van der Waals surface area contributed by atoms with E-state index in [0.717, 1.165) is 0 Å². The van der Waals surface area contributed by atoms with Crippen molar-refractivity contribution in [3.8, 4) is 0 Å². The number of esters is 1. The first-order chi connectivity index (χ1) is 9.43. The van der Waals surface area contributed by atoms with Crippen molar-refractivity contribution < 1.29 is 23.9 Å². The summed E-state index contributed by atoms with van der Waals surface area (Å²) in [4.78, 5) is 34.2. The van der Waals surface area contributed by atoms with Crippen molar-refractivity contribution in [1.29, 1.82) is 0 Å². The number of ether oxygens (including phenoxy) is 2. The molecule has 0 aliphatic heterocycles. The quantitative estimate of drug-likeness (QED) is 0.629. The molecule has 0 unspecified atom stereocenters. The molecular weight excluding hydrogens is 262 g/mol. The molecule has 0 aliphatic carbocycles. The number of anilines is 1. The van der Waals surface area contributed by atoms with E-state index in [1.807, 2.05) is 0 Å². The van der Waals surface area contributed by atoms with Gasteiger partial charge in [-0.3, -0.25) is 9.59 Å². The van der Waals surface area contributed by atoms with Gasteiger partial charge in [-0.2, -0.15) is 0 Å². The Morgan fingerprint density at radius 1 is 1.30 bits per heavy atom. The molecule has 0 fully saturated rings. The summed E-state index contributed by atoms with van der Waals surface area (Å²) >= 11 is 0. The zero-order valence-corrected chi connectivity index (χ0v) is 11.6. The van der Waals surface area contributed by atoms with Crippen LogP contribution in [0.25, 0.3) is 0 Å². The summed E-state index contributed by atoms with van der Waals surface area (Å²) in [6, 6.07) is 6.52. The predicted octanol–water partition coefficient (Wildman–Crippen LogP) is 1.41. The summed E-state index contributed by atoms with van der Waals surface area (Å²) in [5.41, 5.74) is 0.962. The van der Waals surface area contributed by atoms with E-state index in [1.54, 1.807) is 24.3 Å². The van der Waals surface area contributed by atoms with E-state index in [-0.39, 0.29) is 12.4 Å². The summed E-state index contributed by atoms with van der Waals surface area (Å²) in [6.45, 7) is 2.69. The maximum atomic E-state index is 11.8. The molecule has 20 heavy (non-hydrogen) atoms. The van der Waals surface area contributed by atoms with Crippen LogP contribution in [-0.2, 0) is 19.1 Å². The molecule has 1 amide bonds. The van der Waals surface area contributed by atoms with Crippen LogP contribution >= 0.6 is 0 Å². The lowest BCUT2D eigenvalue weighted by Crippen LogP contribution is -2.31. The molecular formula is C14H17NO5. The number of Topliss-reactive ketones (excluding diaryl/α,β-unsaturated/α-hetero) is 1. The molecule has 0 heterocycles. The number of nitrogens with one attached hydrogen (secondary N) is 1. The van der Waals surface area contributed by atoms with Gasteiger partial charge in [-0.15, -0.1) is 0 Å². The molecule has 108 valence electrons. The van der Waals surface area contributed by atoms with Crippen LogP contribution in [0.1, 0.15) is 24.2 Å². The highest BCUT2D eigenvalue weighted by atomic mass is 16.6. The van der Waals surface area contributed by atoms with E-state index in [4.69, 9.17) is 4.74 Å². The number of ketones is 1. The molecule has 0 aromatic heterocycles. The van der Waals surface area contributed by atoms with Gasteiger partial charge >= 0.3 is 5.97 Å². The first-order valence-corrected chi connectivity index (χ1v) is 6.04. The van der Waals surface area contributed by atoms with Crippen molar-refractivity contribution >= 4 is 23.3 Å². The van der Waals surface area contributed by atoms with Crippen molar-refractivity contribution in [2.24, 2.45) is 0 Å². The summed E-state index contributed by atoms with van der Waals surface area (Å²) < 4.78 is 9.46. The van der Waals surface area contributed by atoms with Crippen molar-refractivity contribution in [3.63, 3.8) is 0 Å². The van der Waals surface area contributed by atoms with Crippen LogP contribution in [0.15, 0.2) is 24.3 Å². The molecule has 1 N–H and O–H groups in total. The van der Waals surface area contributed by atoms with Crippen LogP contribution in [0.4, 0.5) is 5.69 Å². The monoisotopic (exact) mass is 279 g/mol. The number of carbonyl (C=O) groups is 3. The molecule has 0 radical (unpaired) electrons. The molecule has 1 aromatic carbocycles. The minimum absolute atomic E-state index is 0.0966. The van der Waals surface area contributed by atoms with Crippen LogP contribution in [0, 0.1) is 0 Å². The maximum Gasteiger partial charge on any atom is 0.332 e. The zero-order valence-electron chi connectivity index (χ0n) is 11.6. The Hall–Kier alpha value is -2.21. The maximum absolute atomic E-state index is 11.8. The van der Waals surface area contributed by atoms with E-state index in [1.165, 1.54) is 21.0 Å². The standard InChI is InChI=1S/C14H17NO5/c1-9(16)11-5-4-6-12(7-11)15-14(18)10(2)20-13(17)8-19-3/h4-7,10H,8H2,1-3H3,(H,15,18)/t10-/m1/s1. The summed E-state index contributed by atoms with van der Waals surface area (Å²) in [5.74, 6) is -1.19. The molecule has 1 atom stereocenters. The third-order valence-electron chi connectivity index (χ3n) is 2.48. The number of hydrogen-bond acceptors (Lipinski definition) is 5. The first kappa shape index (κ1) is 15.8. The van der Waals surface area contributed by atoms with Crippen LogP contribution in [-0.4, -0.2) is 37.5 Å². The second kappa shape index (κ2) is 7.40. The number of rotatable bonds is 6. The summed E-state index contributed by atoms with van der Waals surface area (Å²) in [7, 11) is 1.36. The van der Waals surface area contributed by atoms with Crippen LogP contribution in [0.2, 0.25) is 0 Å². The van der Waals surface area contributed by atoms with E-state index < -0.39 is 18.0 Å². The Balaban J connectivity index is 2.63. The van der Waals surface area contributed by atoms with Crippen molar-refractivity contribution in [1.82, 2.24) is 0 Å². The highest BCUT2D eigenvalue weighted by Gasteiger charge is 2.17. The van der Waals surface area contributed by atoms with Gasteiger partial charge in [0.05, 0.1) is 0 Å². The fourth-order valence-electron chi connectivity index (χ4n) is 1.46. The van der Waals surface area contributed by atoms with E-state index >= 15 is 0 Å². The smallest absolute Gasteiger partial charge is 0.332 e. The molecule has 0 saturated heterocycles. The first-order valence-electron chi connectivity index (χ1n) is 6.04. The van der Waals surface area contributed by atoms with Gasteiger partial charge in [0.15, 0.2) is 11.9 Å². The third kappa shape index (κ3) is 4.81. The summed E-state index contributed by atoms with van der Waals surface area (Å²) in [6.07, 6.45) is -0.946. The predicted molar refractivity (Wildman–Crippen MR) is 72.5 cm³/mol. The average Bonchev–Trinajstić information content (AvgIpc) is 2.39. The van der Waals surface area contributed by atoms with E-state index in [2.05, 4.69) is 10.1 Å². The second-order valence-electron chi connectivity index (χ2n) is 4.19. The molecule has 6 nitrogen and oxygen atoms in total. The molecule has 1 rings (SSSR count). The largest absolute Gasteiger partial charge is 0.451 e. The number of methoxy groups -OCH3 is 1. The van der Waals surface area contributed by atoms with Gasteiger partial charge in [0.25, 0.3) is 5.91 Å². The summed E-state index contributed by atoms with van der Waals surface area (Å²) in [5, 5.41) is 2.58. The van der Waals surface area contributed by atoms with Crippen LogP contribution in [0.5, 0.6) is 0 Å². The Kier molecular flexibility index (Phi) is 5.86. The van der Waals surface area contributed by atoms with Gasteiger partial charge in [-0.25, -0.2) is 4.79 Å². The Bertz CT molecular complexity index is 512. The lowest BCUT2D eigenvalue weighted by Gasteiger charge is -2.13. The molecule has 1 aromatic rings. The highest BCUT2D eigenvalue weighted by Crippen LogP contribution is 2.12. The molecule has 0 bridgehead atoms. The SMILES string of the molecule is COCC(=O)O[C@H](C)C(=O)Nc1cccc(C(C)=O)c1. The molecule has 0 aliphatic rings. The van der Waals surface area contributed by atoms with Crippen molar-refractivity contribution in [2.75, 3.05) is 19.0 Å². The van der Waals surface area contributed by atoms with Crippen molar-refractivity contribution in [2.45, 2.75) is 20.0 Å². The van der Waals surface area contributed by atoms with Crippen molar-refractivity contribution in [3.05, 3.63) is 29.8 Å². The van der Waals surface area contributed by atoms with Gasteiger partial charge in [-0.1, -0.05) is 12.1 Å². The van der Waals surface area contributed by atoms with Crippen LogP contribution in [0.3, 0.4) is 0 Å². The number of amides is 1. The average molecular weight is 279 g/mol. The topological polar surface area (TPSA) is 81.7 Å². The normalized spacial score (nSPS) is 11.6. The molecule has 6 heteroatoms. The fourth-order valence-corrected chi connectivity index (χ4v) is 1.46. The van der Waals surface area contributed by atoms with Gasteiger partial charge < -0.3 is 14.8 Å². The molecule has 0 saturated carbocycles. The van der Waals surface area contributed by atoms with Gasteiger partial charge in [0.1, 0.15) is 6.61 Å². The van der Waals surface area contributed by atoms with E-state index in [9.17, 15) is 14.4 Å². The van der Waals surface area contributed by atoms with Gasteiger partial charge in [-0.05, 0) is 26.0 Å². The minimum Gasteiger partial charge on any atom is -0.451 e. The van der Waals surface area contributed by atoms with Gasteiger partial charge in [0, 0.05) is 18.4 Å². The molecule has 0 spiro atoms. The number of benzene rings is 1. The zero-order chi connectivity index (χ0) is 15.1.